The van der Waals surface area contributed by atoms with E-state index >= 15 is 0 Å². The van der Waals surface area contributed by atoms with Crippen LogP contribution < -0.4 is 20.1 Å². The Morgan fingerprint density at radius 1 is 0.886 bits per heavy atom. The van der Waals surface area contributed by atoms with E-state index in [9.17, 15) is 19.5 Å². The number of carbonyl (C=O) groups is 3. The Kier molecular flexibility index (Phi) is 9.74. The zero-order chi connectivity index (χ0) is 31.1. The number of benzene rings is 3. The largest absolute Gasteiger partial charge is 0.490 e. The van der Waals surface area contributed by atoms with Crippen molar-refractivity contribution in [3.8, 4) is 17.4 Å². The number of carboxylic acid groups (broad SMARTS) is 1. The molecule has 1 saturated carbocycles. The highest BCUT2D eigenvalue weighted by atomic mass is 16.5. The number of pyridine rings is 1. The Morgan fingerprint density at radius 3 is 2.27 bits per heavy atom. The number of carboxylic acids is 1. The molecular weight excluding hydrogens is 558 g/mol. The number of carbonyl (C=O) groups excluding carboxylic acids is 2. The summed E-state index contributed by atoms with van der Waals surface area (Å²) < 4.78 is 12.2. The first-order valence-electron chi connectivity index (χ1n) is 15.0. The van der Waals surface area contributed by atoms with E-state index in [2.05, 4.69) is 29.5 Å². The van der Waals surface area contributed by atoms with Crippen molar-refractivity contribution in [3.63, 3.8) is 0 Å². The normalized spacial score (nSPS) is 16.3. The van der Waals surface area contributed by atoms with Crippen molar-refractivity contribution in [1.29, 1.82) is 0 Å². The van der Waals surface area contributed by atoms with Crippen LogP contribution in [-0.2, 0) is 16.0 Å². The lowest BCUT2D eigenvalue weighted by molar-refractivity contribution is -0.122. The number of hydrogen-bond acceptors (Lipinski definition) is 6. The lowest BCUT2D eigenvalue weighted by Crippen LogP contribution is -2.40. The summed E-state index contributed by atoms with van der Waals surface area (Å²) in [6.07, 6.45) is 5.97. The van der Waals surface area contributed by atoms with E-state index in [1.807, 2.05) is 36.4 Å². The second-order valence-electron chi connectivity index (χ2n) is 11.6. The predicted octanol–water partition coefficient (Wildman–Crippen LogP) is 6.76. The highest BCUT2D eigenvalue weighted by molar-refractivity contribution is 6.01. The standard InChI is InChI=1S/C35H37N3O6/c1-22(2)17-32(39)37-26-10-14-27(15-11-26)43-28-12-8-25-20-29(13-9-24(25)19-28)44-34-16-7-23(21-36-34)18-33(40)38-31-6-4-3-5-30(31)35(41)42/h3-9,12-13,16,19-22,26-27H,10-11,14-15,17-18H2,1-2H3,(H,37,39)(H,38,40)(H,41,42). The van der Waals surface area contributed by atoms with Crippen LogP contribution in [0.1, 0.15) is 61.9 Å². The third kappa shape index (κ3) is 8.34. The summed E-state index contributed by atoms with van der Waals surface area (Å²) in [5, 5.41) is 17.1. The molecule has 0 spiro atoms. The van der Waals surface area contributed by atoms with Gasteiger partial charge in [-0.1, -0.05) is 44.2 Å². The van der Waals surface area contributed by atoms with Crippen molar-refractivity contribution in [2.75, 3.05) is 5.32 Å². The van der Waals surface area contributed by atoms with Crippen LogP contribution in [0.3, 0.4) is 0 Å². The Morgan fingerprint density at radius 2 is 1.59 bits per heavy atom. The van der Waals surface area contributed by atoms with E-state index in [0.717, 1.165) is 42.2 Å². The predicted molar refractivity (Wildman–Crippen MR) is 168 cm³/mol. The highest BCUT2D eigenvalue weighted by Crippen LogP contribution is 2.30. The van der Waals surface area contributed by atoms with Gasteiger partial charge in [0.15, 0.2) is 0 Å². The van der Waals surface area contributed by atoms with Crippen molar-refractivity contribution >= 4 is 34.2 Å². The molecule has 2 amide bonds. The molecule has 0 unspecified atom stereocenters. The third-order valence-electron chi connectivity index (χ3n) is 7.54. The molecule has 1 heterocycles. The average Bonchev–Trinajstić information content (AvgIpc) is 2.99. The minimum absolute atomic E-state index is 0.0319. The molecule has 0 atom stereocenters. The van der Waals surface area contributed by atoms with E-state index in [0.29, 0.717) is 29.5 Å². The number of nitrogens with zero attached hydrogens (tertiary/aromatic N) is 1. The first kappa shape index (κ1) is 30.5. The molecule has 5 rings (SSSR count). The molecule has 1 aliphatic carbocycles. The van der Waals surface area contributed by atoms with E-state index in [4.69, 9.17) is 9.47 Å². The van der Waals surface area contributed by atoms with Gasteiger partial charge in [0.05, 0.1) is 23.8 Å². The van der Waals surface area contributed by atoms with Gasteiger partial charge in [0, 0.05) is 24.7 Å². The van der Waals surface area contributed by atoms with Gasteiger partial charge in [-0.2, -0.15) is 0 Å². The molecule has 0 bridgehead atoms. The number of anilines is 1. The van der Waals surface area contributed by atoms with Crippen molar-refractivity contribution in [2.24, 2.45) is 5.92 Å². The minimum Gasteiger partial charge on any atom is -0.490 e. The van der Waals surface area contributed by atoms with Gasteiger partial charge < -0.3 is 25.2 Å². The van der Waals surface area contributed by atoms with Crippen molar-refractivity contribution in [3.05, 3.63) is 90.1 Å². The van der Waals surface area contributed by atoms with Crippen LogP contribution in [0.2, 0.25) is 0 Å². The van der Waals surface area contributed by atoms with E-state index in [-0.39, 0.29) is 41.6 Å². The van der Waals surface area contributed by atoms with Gasteiger partial charge >= 0.3 is 5.97 Å². The molecule has 1 fully saturated rings. The second kappa shape index (κ2) is 14.0. The maximum atomic E-state index is 12.5. The first-order valence-corrected chi connectivity index (χ1v) is 15.0. The number of para-hydroxylation sites is 1. The molecule has 0 saturated heterocycles. The fraction of sp³-hybridized carbons (Fsp3) is 0.314. The van der Waals surface area contributed by atoms with Crippen molar-refractivity contribution < 1.29 is 29.0 Å². The molecule has 9 nitrogen and oxygen atoms in total. The summed E-state index contributed by atoms with van der Waals surface area (Å²) >= 11 is 0. The van der Waals surface area contributed by atoms with Crippen LogP contribution in [0.5, 0.6) is 17.4 Å². The Hall–Kier alpha value is -4.92. The number of rotatable bonds is 11. The molecule has 0 radical (unpaired) electrons. The van der Waals surface area contributed by atoms with Gasteiger partial charge in [-0.15, -0.1) is 0 Å². The Bertz CT molecular complexity index is 1630. The quantitative estimate of drug-likeness (QED) is 0.175. The molecule has 4 aromatic rings. The van der Waals surface area contributed by atoms with Gasteiger partial charge in [0.2, 0.25) is 17.7 Å². The number of nitrogens with one attached hydrogen (secondary N) is 2. The van der Waals surface area contributed by atoms with Gasteiger partial charge in [-0.05, 0) is 84.3 Å². The molecule has 228 valence electrons. The lowest BCUT2D eigenvalue weighted by Gasteiger charge is -2.29. The van der Waals surface area contributed by atoms with E-state index in [1.165, 1.54) is 6.07 Å². The number of aromatic nitrogens is 1. The molecule has 0 aliphatic heterocycles. The van der Waals surface area contributed by atoms with E-state index in [1.54, 1.807) is 36.5 Å². The van der Waals surface area contributed by atoms with Gasteiger partial charge in [0.1, 0.15) is 11.5 Å². The summed E-state index contributed by atoms with van der Waals surface area (Å²) in [4.78, 5) is 40.3. The van der Waals surface area contributed by atoms with Crippen molar-refractivity contribution in [1.82, 2.24) is 10.3 Å². The number of hydrogen-bond donors (Lipinski definition) is 3. The maximum Gasteiger partial charge on any atom is 0.337 e. The number of amides is 2. The number of aromatic carboxylic acids is 1. The molecule has 44 heavy (non-hydrogen) atoms. The molecular formula is C35H37N3O6. The Labute approximate surface area is 256 Å². The van der Waals surface area contributed by atoms with Crippen LogP contribution in [0.15, 0.2) is 79.0 Å². The second-order valence-corrected chi connectivity index (χ2v) is 11.6. The highest BCUT2D eigenvalue weighted by Gasteiger charge is 2.24. The van der Waals surface area contributed by atoms with Crippen LogP contribution in [-0.4, -0.2) is 40.0 Å². The lowest BCUT2D eigenvalue weighted by atomic mass is 9.92. The Balaban J connectivity index is 1.12. The van der Waals surface area contributed by atoms with Gasteiger partial charge in [0.25, 0.3) is 0 Å². The fourth-order valence-corrected chi connectivity index (χ4v) is 5.37. The van der Waals surface area contributed by atoms with E-state index < -0.39 is 5.97 Å². The first-order chi connectivity index (χ1) is 21.2. The van der Waals surface area contributed by atoms with Gasteiger partial charge in [-0.25, -0.2) is 9.78 Å². The van der Waals surface area contributed by atoms with Crippen LogP contribution in [0.25, 0.3) is 10.8 Å². The molecule has 3 N–H and O–H groups in total. The summed E-state index contributed by atoms with van der Waals surface area (Å²) in [6, 6.07) is 21.7. The summed E-state index contributed by atoms with van der Waals surface area (Å²) in [7, 11) is 0. The number of fused-ring (bicyclic) bond motifs is 1. The smallest absolute Gasteiger partial charge is 0.337 e. The zero-order valence-corrected chi connectivity index (χ0v) is 24.9. The maximum absolute atomic E-state index is 12.5. The van der Waals surface area contributed by atoms with Crippen LogP contribution >= 0.6 is 0 Å². The van der Waals surface area contributed by atoms with Gasteiger partial charge in [-0.3, -0.25) is 9.59 Å². The fourth-order valence-electron chi connectivity index (χ4n) is 5.37. The minimum atomic E-state index is -1.11. The van der Waals surface area contributed by atoms with Crippen molar-refractivity contribution in [2.45, 2.75) is 64.5 Å². The van der Waals surface area contributed by atoms with Crippen LogP contribution in [0, 0.1) is 5.92 Å². The molecule has 3 aromatic carbocycles. The SMILES string of the molecule is CC(C)CC(=O)NC1CCC(Oc2ccc3cc(Oc4ccc(CC(=O)Nc5ccccc5C(=O)O)cn4)ccc3c2)CC1. The summed E-state index contributed by atoms with van der Waals surface area (Å²) in [6.45, 7) is 4.11. The van der Waals surface area contributed by atoms with Crippen LogP contribution in [0.4, 0.5) is 5.69 Å². The zero-order valence-electron chi connectivity index (χ0n) is 24.9. The number of ether oxygens (including phenoxy) is 2. The molecule has 1 aliphatic rings. The topological polar surface area (TPSA) is 127 Å². The monoisotopic (exact) mass is 595 g/mol. The summed E-state index contributed by atoms with van der Waals surface area (Å²) in [5.41, 5.74) is 0.946. The molecule has 1 aromatic heterocycles. The third-order valence-corrected chi connectivity index (χ3v) is 7.54. The summed E-state index contributed by atoms with van der Waals surface area (Å²) in [5.74, 6) is 0.895. The molecule has 9 heteroatoms. The average molecular weight is 596 g/mol.